The van der Waals surface area contributed by atoms with E-state index in [0.29, 0.717) is 5.82 Å². The normalized spacial score (nSPS) is 10.5. The zero-order valence-electron chi connectivity index (χ0n) is 15.6. The minimum Gasteiger partial charge on any atom is -0.490 e. The largest absolute Gasteiger partial charge is 0.490 e. The van der Waals surface area contributed by atoms with Gasteiger partial charge in [-0.1, -0.05) is 35.0 Å². The number of rotatable bonds is 6. The maximum atomic E-state index is 12.6. The predicted octanol–water partition coefficient (Wildman–Crippen LogP) is 3.23. The van der Waals surface area contributed by atoms with Crippen molar-refractivity contribution < 1.29 is 19.0 Å². The Morgan fingerprint density at radius 2 is 1.96 bits per heavy atom. The molecule has 1 heterocycles. The summed E-state index contributed by atoms with van der Waals surface area (Å²) in [6.07, 6.45) is 0. The molecule has 0 aliphatic carbocycles. The van der Waals surface area contributed by atoms with E-state index >= 15 is 0 Å². The fourth-order valence-corrected chi connectivity index (χ4v) is 2.60. The van der Waals surface area contributed by atoms with Crippen LogP contribution in [0.15, 0.2) is 47.0 Å². The minimum absolute atomic E-state index is 0.0670. The second-order valence-corrected chi connectivity index (χ2v) is 6.18. The van der Waals surface area contributed by atoms with Gasteiger partial charge < -0.3 is 14.2 Å². The van der Waals surface area contributed by atoms with Crippen molar-refractivity contribution in [3.63, 3.8) is 0 Å². The van der Waals surface area contributed by atoms with Crippen LogP contribution in [0.25, 0.3) is 11.4 Å². The van der Waals surface area contributed by atoms with Crippen molar-refractivity contribution in [1.29, 1.82) is 0 Å². The van der Waals surface area contributed by atoms with Crippen LogP contribution in [0, 0.1) is 17.0 Å². The van der Waals surface area contributed by atoms with E-state index in [1.807, 2.05) is 31.2 Å². The van der Waals surface area contributed by atoms with E-state index in [9.17, 15) is 14.9 Å². The molecule has 0 atom stereocenters. The van der Waals surface area contributed by atoms with Crippen molar-refractivity contribution in [2.75, 3.05) is 14.2 Å². The Morgan fingerprint density at radius 3 is 2.61 bits per heavy atom. The number of methoxy groups -OCH3 is 1. The second-order valence-electron chi connectivity index (χ2n) is 6.18. The van der Waals surface area contributed by atoms with Crippen LogP contribution >= 0.6 is 0 Å². The number of ether oxygens (including phenoxy) is 1. The molecule has 0 aliphatic rings. The quantitative estimate of drug-likeness (QED) is 0.475. The van der Waals surface area contributed by atoms with Gasteiger partial charge in [-0.25, -0.2) is 0 Å². The van der Waals surface area contributed by atoms with Crippen LogP contribution in [0.4, 0.5) is 5.69 Å². The zero-order chi connectivity index (χ0) is 20.3. The number of nitro groups is 1. The third-order valence-electron chi connectivity index (χ3n) is 4.12. The Bertz CT molecular complexity index is 1010. The molecule has 9 heteroatoms. The summed E-state index contributed by atoms with van der Waals surface area (Å²) in [5, 5.41) is 15.1. The molecule has 0 unspecified atom stereocenters. The lowest BCUT2D eigenvalue weighted by Gasteiger charge is -2.15. The number of aromatic nitrogens is 2. The zero-order valence-corrected chi connectivity index (χ0v) is 15.6. The first-order valence-corrected chi connectivity index (χ1v) is 8.36. The van der Waals surface area contributed by atoms with E-state index < -0.39 is 10.8 Å². The first-order valence-electron chi connectivity index (χ1n) is 8.36. The van der Waals surface area contributed by atoms with Gasteiger partial charge in [-0.3, -0.25) is 14.9 Å². The monoisotopic (exact) mass is 382 g/mol. The van der Waals surface area contributed by atoms with Crippen LogP contribution in [0.2, 0.25) is 0 Å². The molecule has 9 nitrogen and oxygen atoms in total. The van der Waals surface area contributed by atoms with Gasteiger partial charge in [0.2, 0.25) is 11.7 Å². The predicted molar refractivity (Wildman–Crippen MR) is 99.9 cm³/mol. The molecule has 0 N–H and O–H groups in total. The van der Waals surface area contributed by atoms with Crippen molar-refractivity contribution in [2.45, 2.75) is 13.5 Å². The van der Waals surface area contributed by atoms with Gasteiger partial charge in [-0.05, 0) is 19.1 Å². The van der Waals surface area contributed by atoms with Crippen molar-refractivity contribution in [3.05, 3.63) is 69.6 Å². The van der Waals surface area contributed by atoms with E-state index in [2.05, 4.69) is 10.1 Å². The summed E-state index contributed by atoms with van der Waals surface area (Å²) in [4.78, 5) is 28.8. The SMILES string of the molecule is COc1ccc(C(=O)N(C)Cc2nc(-c3ccc(C)cc3)no2)cc1[N+](=O)[O-]. The van der Waals surface area contributed by atoms with Gasteiger partial charge in [0.15, 0.2) is 5.75 Å². The summed E-state index contributed by atoms with van der Waals surface area (Å²) in [6, 6.07) is 11.7. The molecule has 0 saturated heterocycles. The van der Waals surface area contributed by atoms with E-state index in [4.69, 9.17) is 9.26 Å². The lowest BCUT2D eigenvalue weighted by molar-refractivity contribution is -0.385. The highest BCUT2D eigenvalue weighted by molar-refractivity contribution is 5.95. The maximum Gasteiger partial charge on any atom is 0.311 e. The number of hydrogen-bond acceptors (Lipinski definition) is 7. The highest BCUT2D eigenvalue weighted by atomic mass is 16.6. The third kappa shape index (κ3) is 3.98. The molecule has 0 radical (unpaired) electrons. The Labute approximate surface area is 160 Å². The Hall–Kier alpha value is -3.75. The van der Waals surface area contributed by atoms with Gasteiger partial charge in [-0.2, -0.15) is 4.98 Å². The number of nitro benzene ring substituents is 1. The lowest BCUT2D eigenvalue weighted by atomic mass is 10.1. The number of carbonyl (C=O) groups is 1. The molecule has 0 fully saturated rings. The summed E-state index contributed by atoms with van der Waals surface area (Å²) in [6.45, 7) is 2.05. The number of amides is 1. The third-order valence-corrected chi connectivity index (χ3v) is 4.12. The average molecular weight is 382 g/mol. The number of aryl methyl sites for hydroxylation is 1. The molecule has 0 saturated carbocycles. The Balaban J connectivity index is 1.75. The lowest BCUT2D eigenvalue weighted by Crippen LogP contribution is -2.26. The minimum atomic E-state index is -0.596. The number of nitrogens with zero attached hydrogens (tertiary/aromatic N) is 4. The number of carbonyl (C=O) groups excluding carboxylic acids is 1. The smallest absolute Gasteiger partial charge is 0.311 e. The molecular formula is C19H18N4O5. The van der Waals surface area contributed by atoms with Crippen molar-refractivity contribution in [3.8, 4) is 17.1 Å². The molecule has 144 valence electrons. The van der Waals surface area contributed by atoms with Crippen molar-refractivity contribution in [2.24, 2.45) is 0 Å². The Morgan fingerprint density at radius 1 is 1.25 bits per heavy atom. The molecule has 1 aromatic heterocycles. The summed E-state index contributed by atoms with van der Waals surface area (Å²) >= 11 is 0. The fraction of sp³-hybridized carbons (Fsp3) is 0.211. The van der Waals surface area contributed by atoms with Crippen LogP contribution in [0.1, 0.15) is 21.8 Å². The highest BCUT2D eigenvalue weighted by Gasteiger charge is 2.21. The molecule has 0 aliphatic heterocycles. The van der Waals surface area contributed by atoms with Gasteiger partial charge in [-0.15, -0.1) is 0 Å². The first kappa shape index (κ1) is 19.0. The van der Waals surface area contributed by atoms with Crippen LogP contribution < -0.4 is 4.74 Å². The second kappa shape index (κ2) is 7.87. The van der Waals surface area contributed by atoms with E-state index in [1.165, 1.54) is 30.2 Å². The number of benzene rings is 2. The summed E-state index contributed by atoms with van der Waals surface area (Å²) in [5.74, 6) is 0.357. The van der Waals surface area contributed by atoms with Crippen molar-refractivity contribution in [1.82, 2.24) is 15.0 Å². The standard InChI is InChI=1S/C19H18N4O5/c1-12-4-6-13(7-5-12)18-20-17(28-21-18)11-22(2)19(24)14-8-9-16(27-3)15(10-14)23(25)26/h4-10H,11H2,1-3H3. The number of hydrogen-bond donors (Lipinski definition) is 0. The van der Waals surface area contributed by atoms with Gasteiger partial charge in [0.1, 0.15) is 0 Å². The molecule has 28 heavy (non-hydrogen) atoms. The first-order chi connectivity index (χ1) is 13.4. The van der Waals surface area contributed by atoms with Gasteiger partial charge in [0.25, 0.3) is 5.91 Å². The average Bonchev–Trinajstić information content (AvgIpc) is 3.15. The fourth-order valence-electron chi connectivity index (χ4n) is 2.60. The van der Waals surface area contributed by atoms with Crippen LogP contribution in [-0.2, 0) is 6.54 Å². The van der Waals surface area contributed by atoms with E-state index in [-0.39, 0.29) is 29.4 Å². The van der Waals surface area contributed by atoms with Gasteiger partial charge in [0, 0.05) is 24.2 Å². The Kier molecular flexibility index (Phi) is 5.35. The molecular weight excluding hydrogens is 364 g/mol. The van der Waals surface area contributed by atoms with Crippen LogP contribution in [0.3, 0.4) is 0 Å². The molecule has 1 amide bonds. The molecule has 2 aromatic carbocycles. The highest BCUT2D eigenvalue weighted by Crippen LogP contribution is 2.28. The molecule has 0 bridgehead atoms. The van der Waals surface area contributed by atoms with Gasteiger partial charge in [0.05, 0.1) is 18.6 Å². The summed E-state index contributed by atoms with van der Waals surface area (Å²) < 4.78 is 10.2. The van der Waals surface area contributed by atoms with Crippen LogP contribution in [-0.4, -0.2) is 40.0 Å². The summed E-state index contributed by atoms with van der Waals surface area (Å²) in [7, 11) is 2.88. The maximum absolute atomic E-state index is 12.6. The van der Waals surface area contributed by atoms with E-state index in [1.54, 1.807) is 7.05 Å². The van der Waals surface area contributed by atoms with Crippen LogP contribution in [0.5, 0.6) is 5.75 Å². The van der Waals surface area contributed by atoms with E-state index in [0.717, 1.165) is 11.1 Å². The molecule has 3 aromatic rings. The summed E-state index contributed by atoms with van der Waals surface area (Å²) in [5.41, 5.74) is 1.81. The molecule has 0 spiro atoms. The topological polar surface area (TPSA) is 112 Å². The van der Waals surface area contributed by atoms with Gasteiger partial charge >= 0.3 is 5.69 Å². The molecule has 3 rings (SSSR count). The van der Waals surface area contributed by atoms with Crippen molar-refractivity contribution >= 4 is 11.6 Å².